The van der Waals surface area contributed by atoms with E-state index in [1.54, 1.807) is 18.2 Å². The second kappa shape index (κ2) is 5.09. The molecule has 0 radical (unpaired) electrons. The van der Waals surface area contributed by atoms with Crippen LogP contribution < -0.4 is 5.32 Å². The van der Waals surface area contributed by atoms with Gasteiger partial charge in [0.1, 0.15) is 5.82 Å². The van der Waals surface area contributed by atoms with E-state index in [1.807, 2.05) is 0 Å². The number of hydrogen-bond acceptors (Lipinski definition) is 1. The summed E-state index contributed by atoms with van der Waals surface area (Å²) in [5.41, 5.74) is -0.0715. The zero-order valence-corrected chi connectivity index (χ0v) is 11.0. The summed E-state index contributed by atoms with van der Waals surface area (Å²) in [6.45, 7) is 4.75. The second-order valence-corrected chi connectivity index (χ2v) is 5.52. The lowest BCUT2D eigenvalue weighted by Crippen LogP contribution is -2.50. The van der Waals surface area contributed by atoms with Crippen LogP contribution in [0.2, 0.25) is 0 Å². The predicted molar refractivity (Wildman–Crippen MR) is 69.8 cm³/mol. The maximum absolute atomic E-state index is 13.9. The lowest BCUT2D eigenvalue weighted by atomic mass is 9.63. The highest BCUT2D eigenvalue weighted by atomic mass is 19.1. The van der Waals surface area contributed by atoms with E-state index in [0.717, 1.165) is 19.3 Å². The highest BCUT2D eigenvalue weighted by Crippen LogP contribution is 2.44. The van der Waals surface area contributed by atoms with Crippen LogP contribution in [0, 0.1) is 11.7 Å². The molecule has 0 heterocycles. The summed E-state index contributed by atoms with van der Waals surface area (Å²) in [4.78, 5) is 12.3. The Balaban J connectivity index is 2.21. The van der Waals surface area contributed by atoms with Crippen molar-refractivity contribution in [3.05, 3.63) is 35.6 Å². The summed E-state index contributed by atoms with van der Waals surface area (Å²) in [6.07, 6.45) is 2.49. The molecule has 0 spiro atoms. The van der Waals surface area contributed by atoms with Crippen molar-refractivity contribution in [3.8, 4) is 0 Å². The third-order valence-electron chi connectivity index (χ3n) is 3.70. The van der Waals surface area contributed by atoms with Gasteiger partial charge in [-0.2, -0.15) is 0 Å². The molecule has 1 N–H and O–H groups in total. The number of nitrogens with one attached hydrogen (secondary N) is 1. The number of benzene rings is 1. The summed E-state index contributed by atoms with van der Waals surface area (Å²) in [5, 5.41) is 2.94. The summed E-state index contributed by atoms with van der Waals surface area (Å²) in [6, 6.07) is 6.64. The number of carbonyl (C=O) groups is 1. The Morgan fingerprint density at radius 2 is 2.06 bits per heavy atom. The number of hydrogen-bond donors (Lipinski definition) is 1. The first-order chi connectivity index (χ1) is 8.56. The summed E-state index contributed by atoms with van der Waals surface area (Å²) in [7, 11) is 0. The molecule has 1 aliphatic rings. The third kappa shape index (κ3) is 2.26. The summed E-state index contributed by atoms with van der Waals surface area (Å²) in [5.74, 6) is 0.121. The highest BCUT2D eigenvalue weighted by Gasteiger charge is 2.46. The third-order valence-corrected chi connectivity index (χ3v) is 3.70. The van der Waals surface area contributed by atoms with Gasteiger partial charge in [0.05, 0.1) is 5.41 Å². The Bertz CT molecular complexity index is 438. The predicted octanol–water partition coefficient (Wildman–Crippen LogP) is 3.02. The molecule has 1 aromatic rings. The molecule has 3 heteroatoms. The molecule has 0 aromatic heterocycles. The van der Waals surface area contributed by atoms with Crippen molar-refractivity contribution in [1.82, 2.24) is 5.32 Å². The molecule has 0 aliphatic heterocycles. The molecule has 0 atom stereocenters. The van der Waals surface area contributed by atoms with Crippen LogP contribution in [0.4, 0.5) is 4.39 Å². The number of rotatable bonds is 4. The van der Waals surface area contributed by atoms with E-state index in [-0.39, 0.29) is 11.7 Å². The Morgan fingerprint density at radius 3 is 2.56 bits per heavy atom. The van der Waals surface area contributed by atoms with Crippen LogP contribution in [0.15, 0.2) is 24.3 Å². The molecule has 18 heavy (non-hydrogen) atoms. The Kier molecular flexibility index (Phi) is 3.69. The molecule has 1 fully saturated rings. The van der Waals surface area contributed by atoms with Crippen molar-refractivity contribution >= 4 is 5.91 Å². The molecule has 1 amide bonds. The number of halogens is 1. The highest BCUT2D eigenvalue weighted by molar-refractivity contribution is 5.89. The minimum absolute atomic E-state index is 0.0208. The van der Waals surface area contributed by atoms with Crippen LogP contribution in [0.5, 0.6) is 0 Å². The van der Waals surface area contributed by atoms with Gasteiger partial charge in [0.15, 0.2) is 0 Å². The average Bonchev–Trinajstić information content (AvgIpc) is 2.27. The van der Waals surface area contributed by atoms with Crippen molar-refractivity contribution in [2.75, 3.05) is 6.54 Å². The first kappa shape index (κ1) is 13.1. The van der Waals surface area contributed by atoms with Crippen molar-refractivity contribution in [2.24, 2.45) is 5.92 Å². The van der Waals surface area contributed by atoms with Crippen molar-refractivity contribution in [1.29, 1.82) is 0 Å². The van der Waals surface area contributed by atoms with Gasteiger partial charge in [0, 0.05) is 12.1 Å². The minimum atomic E-state index is -0.625. The van der Waals surface area contributed by atoms with Gasteiger partial charge in [0.25, 0.3) is 0 Å². The molecule has 2 rings (SSSR count). The smallest absolute Gasteiger partial charge is 0.230 e. The fourth-order valence-electron chi connectivity index (χ4n) is 2.46. The molecule has 2 nitrogen and oxygen atoms in total. The minimum Gasteiger partial charge on any atom is -0.355 e. The molecule has 1 aromatic carbocycles. The molecule has 1 aliphatic carbocycles. The average molecular weight is 249 g/mol. The molecule has 1 saturated carbocycles. The quantitative estimate of drug-likeness (QED) is 0.873. The van der Waals surface area contributed by atoms with Crippen molar-refractivity contribution in [2.45, 2.75) is 38.5 Å². The molecular weight excluding hydrogens is 229 g/mol. The van der Waals surface area contributed by atoms with Gasteiger partial charge < -0.3 is 5.32 Å². The lowest BCUT2D eigenvalue weighted by Gasteiger charge is -2.41. The van der Waals surface area contributed by atoms with Crippen LogP contribution >= 0.6 is 0 Å². The van der Waals surface area contributed by atoms with E-state index in [2.05, 4.69) is 19.2 Å². The van der Waals surface area contributed by atoms with Crippen LogP contribution in [0.25, 0.3) is 0 Å². The van der Waals surface area contributed by atoms with E-state index in [0.29, 0.717) is 18.0 Å². The molecule has 98 valence electrons. The SMILES string of the molecule is CC(C)CNC(=O)C1(c2ccccc2F)CCC1. The van der Waals surface area contributed by atoms with Gasteiger partial charge >= 0.3 is 0 Å². The topological polar surface area (TPSA) is 29.1 Å². The number of amides is 1. The van der Waals surface area contributed by atoms with Crippen LogP contribution in [0.3, 0.4) is 0 Å². The Labute approximate surface area is 108 Å². The largest absolute Gasteiger partial charge is 0.355 e. The summed E-state index contributed by atoms with van der Waals surface area (Å²) < 4.78 is 13.9. The van der Waals surface area contributed by atoms with Crippen LogP contribution in [-0.4, -0.2) is 12.5 Å². The normalized spacial score (nSPS) is 17.3. The van der Waals surface area contributed by atoms with E-state index >= 15 is 0 Å². The van der Waals surface area contributed by atoms with Gasteiger partial charge in [-0.25, -0.2) is 4.39 Å². The van der Waals surface area contributed by atoms with Gasteiger partial charge in [0.2, 0.25) is 5.91 Å². The van der Waals surface area contributed by atoms with E-state index < -0.39 is 5.41 Å². The summed E-state index contributed by atoms with van der Waals surface area (Å²) >= 11 is 0. The lowest BCUT2D eigenvalue weighted by molar-refractivity contribution is -0.130. The molecule has 0 unspecified atom stereocenters. The zero-order valence-electron chi connectivity index (χ0n) is 11.0. The van der Waals surface area contributed by atoms with Crippen LogP contribution in [0.1, 0.15) is 38.7 Å². The van der Waals surface area contributed by atoms with Gasteiger partial charge in [-0.15, -0.1) is 0 Å². The van der Waals surface area contributed by atoms with Gasteiger partial charge in [-0.3, -0.25) is 4.79 Å². The molecule has 0 saturated heterocycles. The Hall–Kier alpha value is -1.38. The van der Waals surface area contributed by atoms with Crippen LogP contribution in [-0.2, 0) is 10.2 Å². The first-order valence-electron chi connectivity index (χ1n) is 6.59. The zero-order chi connectivity index (χ0) is 13.2. The van der Waals surface area contributed by atoms with Gasteiger partial charge in [-0.05, 0) is 24.8 Å². The second-order valence-electron chi connectivity index (χ2n) is 5.52. The standard InChI is InChI=1S/C15H20FNO/c1-11(2)10-17-14(18)15(8-5-9-15)12-6-3-4-7-13(12)16/h3-4,6-7,11H,5,8-10H2,1-2H3,(H,17,18). The Morgan fingerprint density at radius 1 is 1.39 bits per heavy atom. The van der Waals surface area contributed by atoms with E-state index in [4.69, 9.17) is 0 Å². The van der Waals surface area contributed by atoms with Gasteiger partial charge in [-0.1, -0.05) is 38.5 Å². The van der Waals surface area contributed by atoms with E-state index in [9.17, 15) is 9.18 Å². The first-order valence-corrected chi connectivity index (χ1v) is 6.59. The molecular formula is C15H20FNO. The fourth-order valence-corrected chi connectivity index (χ4v) is 2.46. The van der Waals surface area contributed by atoms with E-state index in [1.165, 1.54) is 6.07 Å². The van der Waals surface area contributed by atoms with Crippen molar-refractivity contribution < 1.29 is 9.18 Å². The maximum Gasteiger partial charge on any atom is 0.230 e. The monoisotopic (exact) mass is 249 g/mol. The fraction of sp³-hybridized carbons (Fsp3) is 0.533. The molecule has 0 bridgehead atoms. The maximum atomic E-state index is 13.9. The van der Waals surface area contributed by atoms with Crippen molar-refractivity contribution in [3.63, 3.8) is 0 Å². The number of carbonyl (C=O) groups excluding carboxylic acids is 1.